The van der Waals surface area contributed by atoms with Gasteiger partial charge in [0.1, 0.15) is 0 Å². The van der Waals surface area contributed by atoms with Gasteiger partial charge >= 0.3 is 0 Å². The third-order valence-electron chi connectivity index (χ3n) is 1.88. The van der Waals surface area contributed by atoms with E-state index in [1.54, 1.807) is 0 Å². The number of nitrogens with one attached hydrogen (secondary N) is 1. The Hall–Kier alpha value is -0.250. The van der Waals surface area contributed by atoms with Crippen LogP contribution in [0.4, 0.5) is 5.69 Å². The third kappa shape index (κ3) is 5.19. The van der Waals surface area contributed by atoms with Crippen molar-refractivity contribution in [1.82, 2.24) is 0 Å². The smallest absolute Gasteiger partial charge is 0.0646 e. The van der Waals surface area contributed by atoms with E-state index in [4.69, 9.17) is 16.3 Å². The van der Waals surface area contributed by atoms with E-state index in [1.807, 2.05) is 39.0 Å². The topological polar surface area (TPSA) is 21.3 Å². The quantitative estimate of drug-likeness (QED) is 0.836. The van der Waals surface area contributed by atoms with Crippen molar-refractivity contribution in [3.05, 3.63) is 27.7 Å². The van der Waals surface area contributed by atoms with Crippen LogP contribution in [0.5, 0.6) is 0 Å². The van der Waals surface area contributed by atoms with Gasteiger partial charge in [0.05, 0.1) is 12.2 Å². The number of rotatable bonds is 4. The molecule has 0 bridgehead atoms. The van der Waals surface area contributed by atoms with Crippen LogP contribution in [0.3, 0.4) is 0 Å². The Kier molecular flexibility index (Phi) is 5.09. The molecule has 0 unspecified atom stereocenters. The summed E-state index contributed by atoms with van der Waals surface area (Å²) in [6.45, 7) is 7.59. The molecule has 0 radical (unpaired) electrons. The Morgan fingerprint density at radius 2 is 2.06 bits per heavy atom. The number of hydrogen-bond donors (Lipinski definition) is 1. The zero-order valence-corrected chi connectivity index (χ0v) is 12.2. The summed E-state index contributed by atoms with van der Waals surface area (Å²) in [7, 11) is 0. The number of hydrogen-bond acceptors (Lipinski definition) is 2. The van der Waals surface area contributed by atoms with Gasteiger partial charge in [-0.25, -0.2) is 0 Å². The number of halogens is 2. The summed E-state index contributed by atoms with van der Waals surface area (Å²) in [6, 6.07) is 5.68. The fourth-order valence-corrected chi connectivity index (χ4v) is 2.00. The zero-order valence-electron chi connectivity index (χ0n) is 9.81. The molecule has 0 heterocycles. The molecule has 0 aliphatic rings. The summed E-state index contributed by atoms with van der Waals surface area (Å²) in [4.78, 5) is 0. The van der Waals surface area contributed by atoms with Gasteiger partial charge in [-0.1, -0.05) is 11.6 Å². The second-order valence-electron chi connectivity index (χ2n) is 4.51. The Balaban J connectivity index is 2.38. The highest BCUT2D eigenvalue weighted by molar-refractivity contribution is 9.10. The van der Waals surface area contributed by atoms with Gasteiger partial charge in [-0.05, 0) is 54.9 Å². The molecule has 1 aromatic carbocycles. The molecule has 1 rings (SSSR count). The van der Waals surface area contributed by atoms with Crippen molar-refractivity contribution in [2.45, 2.75) is 26.4 Å². The van der Waals surface area contributed by atoms with Gasteiger partial charge in [0.15, 0.2) is 0 Å². The van der Waals surface area contributed by atoms with E-state index in [1.165, 1.54) is 0 Å². The monoisotopic (exact) mass is 305 g/mol. The van der Waals surface area contributed by atoms with Gasteiger partial charge in [-0.2, -0.15) is 0 Å². The van der Waals surface area contributed by atoms with Crippen LogP contribution in [0.25, 0.3) is 0 Å². The molecule has 0 saturated heterocycles. The molecule has 4 heteroatoms. The Bertz CT molecular complexity index is 349. The van der Waals surface area contributed by atoms with Crippen LogP contribution in [0.1, 0.15) is 20.8 Å². The lowest BCUT2D eigenvalue weighted by Crippen LogP contribution is -2.23. The first kappa shape index (κ1) is 13.8. The van der Waals surface area contributed by atoms with Gasteiger partial charge in [-0.15, -0.1) is 0 Å². The molecule has 0 aromatic heterocycles. The average Bonchev–Trinajstić information content (AvgIpc) is 2.13. The van der Waals surface area contributed by atoms with Crippen molar-refractivity contribution in [3.8, 4) is 0 Å². The summed E-state index contributed by atoms with van der Waals surface area (Å²) >= 11 is 9.31. The van der Waals surface area contributed by atoms with Gasteiger partial charge in [0.25, 0.3) is 0 Å². The lowest BCUT2D eigenvalue weighted by Gasteiger charge is -2.20. The van der Waals surface area contributed by atoms with E-state index in [9.17, 15) is 0 Å². The molecule has 0 amide bonds. The molecule has 1 aromatic rings. The summed E-state index contributed by atoms with van der Waals surface area (Å²) < 4.78 is 6.58. The first-order chi connectivity index (χ1) is 7.38. The normalized spacial score (nSPS) is 11.6. The first-order valence-corrected chi connectivity index (χ1v) is 6.38. The van der Waals surface area contributed by atoms with Crippen LogP contribution in [0, 0.1) is 0 Å². The molecule has 0 spiro atoms. The summed E-state index contributed by atoms with van der Waals surface area (Å²) in [6.07, 6.45) is 0. The van der Waals surface area contributed by atoms with E-state index in [0.717, 1.165) is 21.7 Å². The molecule has 2 nitrogen and oxygen atoms in total. The maximum Gasteiger partial charge on any atom is 0.0646 e. The largest absolute Gasteiger partial charge is 0.382 e. The maximum atomic E-state index is 5.86. The summed E-state index contributed by atoms with van der Waals surface area (Å²) in [5.41, 5.74) is 0.945. The van der Waals surface area contributed by atoms with Gasteiger partial charge < -0.3 is 10.1 Å². The summed E-state index contributed by atoms with van der Waals surface area (Å²) in [5.74, 6) is 0. The molecule has 0 fully saturated rings. The van der Waals surface area contributed by atoms with Crippen molar-refractivity contribution >= 4 is 33.2 Å². The van der Waals surface area contributed by atoms with E-state index in [2.05, 4.69) is 21.2 Å². The zero-order chi connectivity index (χ0) is 12.2. The highest BCUT2D eigenvalue weighted by Gasteiger charge is 2.09. The van der Waals surface area contributed by atoms with Crippen molar-refractivity contribution in [1.29, 1.82) is 0 Å². The maximum absolute atomic E-state index is 5.86. The minimum Gasteiger partial charge on any atom is -0.382 e. The Labute approximate surface area is 110 Å². The van der Waals surface area contributed by atoms with E-state index in [0.29, 0.717) is 6.61 Å². The number of anilines is 1. The molecule has 16 heavy (non-hydrogen) atoms. The van der Waals surface area contributed by atoms with Crippen LogP contribution in [-0.4, -0.2) is 18.8 Å². The molecule has 0 saturated carbocycles. The van der Waals surface area contributed by atoms with Gasteiger partial charge in [-0.3, -0.25) is 0 Å². The van der Waals surface area contributed by atoms with Crippen LogP contribution >= 0.6 is 27.5 Å². The number of ether oxygens (including phenoxy) is 1. The van der Waals surface area contributed by atoms with Crippen LogP contribution < -0.4 is 5.32 Å². The predicted molar refractivity (Wildman–Crippen MR) is 73.3 cm³/mol. The molecule has 1 N–H and O–H groups in total. The van der Waals surface area contributed by atoms with Gasteiger partial charge in [0, 0.05) is 21.7 Å². The van der Waals surface area contributed by atoms with Crippen molar-refractivity contribution in [2.24, 2.45) is 0 Å². The highest BCUT2D eigenvalue weighted by atomic mass is 79.9. The highest BCUT2D eigenvalue weighted by Crippen LogP contribution is 2.25. The minimum atomic E-state index is -0.0844. The lowest BCUT2D eigenvalue weighted by atomic mass is 10.2. The van der Waals surface area contributed by atoms with Crippen molar-refractivity contribution in [3.63, 3.8) is 0 Å². The second kappa shape index (κ2) is 5.89. The minimum absolute atomic E-state index is 0.0844. The fraction of sp³-hybridized carbons (Fsp3) is 0.500. The fourth-order valence-electron chi connectivity index (χ4n) is 1.18. The molecule has 90 valence electrons. The third-order valence-corrected chi connectivity index (χ3v) is 2.77. The average molecular weight is 307 g/mol. The molecule has 0 aliphatic heterocycles. The van der Waals surface area contributed by atoms with E-state index < -0.39 is 0 Å². The molecular weight excluding hydrogens is 289 g/mol. The predicted octanol–water partition coefficient (Wildman–Crippen LogP) is 4.33. The van der Waals surface area contributed by atoms with Gasteiger partial charge in [0.2, 0.25) is 0 Å². The van der Waals surface area contributed by atoms with Crippen molar-refractivity contribution in [2.75, 3.05) is 18.5 Å². The first-order valence-electron chi connectivity index (χ1n) is 5.21. The van der Waals surface area contributed by atoms with Crippen LogP contribution in [0.2, 0.25) is 5.02 Å². The molecule has 0 aliphatic carbocycles. The molecule has 0 atom stereocenters. The van der Waals surface area contributed by atoms with Crippen molar-refractivity contribution < 1.29 is 4.74 Å². The standard InChI is InChI=1S/C12H17BrClNO/c1-12(2,3)16-7-6-15-11-5-4-9(14)8-10(11)13/h4-5,8,15H,6-7H2,1-3H3. The second-order valence-corrected chi connectivity index (χ2v) is 5.80. The Morgan fingerprint density at radius 1 is 1.38 bits per heavy atom. The van der Waals surface area contributed by atoms with E-state index >= 15 is 0 Å². The van der Waals surface area contributed by atoms with Crippen LogP contribution in [0.15, 0.2) is 22.7 Å². The van der Waals surface area contributed by atoms with E-state index in [-0.39, 0.29) is 5.60 Å². The number of benzene rings is 1. The Morgan fingerprint density at radius 3 is 2.62 bits per heavy atom. The molecular formula is C12H17BrClNO. The SMILES string of the molecule is CC(C)(C)OCCNc1ccc(Cl)cc1Br. The lowest BCUT2D eigenvalue weighted by molar-refractivity contribution is 0.00333. The summed E-state index contributed by atoms with van der Waals surface area (Å²) in [5, 5.41) is 4.01. The van der Waals surface area contributed by atoms with Crippen LogP contribution in [-0.2, 0) is 4.74 Å².